The topological polar surface area (TPSA) is 74.3 Å². The molecule has 0 aliphatic carbocycles. The van der Waals surface area contributed by atoms with Gasteiger partial charge in [0.15, 0.2) is 0 Å². The van der Waals surface area contributed by atoms with Crippen molar-refractivity contribution in [2.24, 2.45) is 0 Å². The van der Waals surface area contributed by atoms with Gasteiger partial charge in [0, 0.05) is 32.2 Å². The Kier molecular flexibility index (Phi) is 6.70. The SMILES string of the molecule is O=C(NN(C(=O)Nc1ccc(Cl)cc1)c1nc(-c2ccc(Cl)cc2)cs1)c1ccccc1. The van der Waals surface area contributed by atoms with Crippen LogP contribution in [0.25, 0.3) is 11.3 Å². The summed E-state index contributed by atoms with van der Waals surface area (Å²) in [6.45, 7) is 0. The zero-order valence-electron chi connectivity index (χ0n) is 16.5. The predicted molar refractivity (Wildman–Crippen MR) is 129 cm³/mol. The van der Waals surface area contributed by atoms with Gasteiger partial charge in [-0.2, -0.15) is 5.01 Å². The molecule has 0 spiro atoms. The van der Waals surface area contributed by atoms with Gasteiger partial charge < -0.3 is 5.32 Å². The second-order valence-electron chi connectivity index (χ2n) is 6.60. The Bertz CT molecular complexity index is 1230. The molecule has 0 saturated heterocycles. The van der Waals surface area contributed by atoms with E-state index in [2.05, 4.69) is 15.7 Å². The monoisotopic (exact) mass is 482 g/mol. The van der Waals surface area contributed by atoms with Crippen molar-refractivity contribution in [3.05, 3.63) is 99.9 Å². The molecular formula is C23H16Cl2N4O2S. The lowest BCUT2D eigenvalue weighted by molar-refractivity contribution is 0.0951. The van der Waals surface area contributed by atoms with Gasteiger partial charge in [0.25, 0.3) is 5.91 Å². The van der Waals surface area contributed by atoms with Crippen molar-refractivity contribution in [1.82, 2.24) is 10.4 Å². The lowest BCUT2D eigenvalue weighted by Gasteiger charge is -2.21. The first-order valence-corrected chi connectivity index (χ1v) is 11.1. The van der Waals surface area contributed by atoms with Crippen LogP contribution in [-0.4, -0.2) is 16.9 Å². The molecule has 6 nitrogen and oxygen atoms in total. The molecule has 0 radical (unpaired) electrons. The van der Waals surface area contributed by atoms with Crippen LogP contribution in [0.1, 0.15) is 10.4 Å². The number of carbonyl (C=O) groups is 2. The van der Waals surface area contributed by atoms with E-state index in [0.717, 1.165) is 10.6 Å². The predicted octanol–water partition coefficient (Wildman–Crippen LogP) is 6.50. The summed E-state index contributed by atoms with van der Waals surface area (Å²) < 4.78 is 0. The first kappa shape index (κ1) is 21.8. The molecule has 4 rings (SSSR count). The van der Waals surface area contributed by atoms with Crippen molar-refractivity contribution in [3.8, 4) is 11.3 Å². The quantitative estimate of drug-likeness (QED) is 0.326. The van der Waals surface area contributed by atoms with E-state index in [9.17, 15) is 9.59 Å². The molecule has 0 saturated carbocycles. The summed E-state index contributed by atoms with van der Waals surface area (Å²) in [7, 11) is 0. The maximum absolute atomic E-state index is 13.1. The van der Waals surface area contributed by atoms with Crippen molar-refractivity contribution in [1.29, 1.82) is 0 Å². The van der Waals surface area contributed by atoms with E-state index >= 15 is 0 Å². The summed E-state index contributed by atoms with van der Waals surface area (Å²) in [6.07, 6.45) is 0. The Morgan fingerprint density at radius 2 is 1.47 bits per heavy atom. The molecule has 2 N–H and O–H groups in total. The van der Waals surface area contributed by atoms with Crippen molar-refractivity contribution in [3.63, 3.8) is 0 Å². The highest BCUT2D eigenvalue weighted by Crippen LogP contribution is 2.28. The summed E-state index contributed by atoms with van der Waals surface area (Å²) in [5.41, 5.74) is 5.06. The largest absolute Gasteiger partial charge is 0.347 e. The second-order valence-corrected chi connectivity index (χ2v) is 8.31. The molecule has 0 unspecified atom stereocenters. The van der Waals surface area contributed by atoms with Gasteiger partial charge in [-0.25, -0.2) is 9.78 Å². The van der Waals surface area contributed by atoms with Crippen molar-refractivity contribution < 1.29 is 9.59 Å². The van der Waals surface area contributed by atoms with E-state index in [1.807, 2.05) is 12.1 Å². The third-order valence-electron chi connectivity index (χ3n) is 4.37. The van der Waals surface area contributed by atoms with Crippen LogP contribution in [0, 0.1) is 0 Å². The number of hydrogen-bond donors (Lipinski definition) is 2. The molecule has 0 fully saturated rings. The number of aromatic nitrogens is 1. The molecule has 0 bridgehead atoms. The number of hydrogen-bond acceptors (Lipinski definition) is 4. The minimum absolute atomic E-state index is 0.297. The lowest BCUT2D eigenvalue weighted by atomic mass is 10.2. The van der Waals surface area contributed by atoms with Crippen molar-refractivity contribution >= 4 is 57.3 Å². The molecule has 1 heterocycles. The third-order valence-corrected chi connectivity index (χ3v) is 5.70. The number of carbonyl (C=O) groups excluding carboxylic acids is 2. The Balaban J connectivity index is 1.62. The van der Waals surface area contributed by atoms with Gasteiger partial charge in [-0.1, -0.05) is 53.5 Å². The van der Waals surface area contributed by atoms with Gasteiger partial charge in [-0.15, -0.1) is 11.3 Å². The number of hydrazine groups is 1. The van der Waals surface area contributed by atoms with Crippen molar-refractivity contribution in [2.75, 3.05) is 10.3 Å². The Labute approximate surface area is 198 Å². The lowest BCUT2D eigenvalue weighted by Crippen LogP contribution is -2.48. The summed E-state index contributed by atoms with van der Waals surface area (Å²) in [5.74, 6) is -0.444. The van der Waals surface area contributed by atoms with Crippen LogP contribution in [0.5, 0.6) is 0 Å². The fourth-order valence-electron chi connectivity index (χ4n) is 2.77. The Hall–Kier alpha value is -3.39. The van der Waals surface area contributed by atoms with Crippen LogP contribution in [-0.2, 0) is 0 Å². The maximum Gasteiger partial charge on any atom is 0.347 e. The molecule has 160 valence electrons. The van der Waals surface area contributed by atoms with E-state index in [1.54, 1.807) is 72.1 Å². The third kappa shape index (κ3) is 5.26. The average Bonchev–Trinajstić information content (AvgIpc) is 3.29. The molecule has 32 heavy (non-hydrogen) atoms. The number of thiazole rings is 1. The highest BCUT2D eigenvalue weighted by molar-refractivity contribution is 7.14. The smallest absolute Gasteiger partial charge is 0.306 e. The fourth-order valence-corrected chi connectivity index (χ4v) is 3.82. The zero-order chi connectivity index (χ0) is 22.5. The number of rotatable bonds is 4. The van der Waals surface area contributed by atoms with E-state index in [0.29, 0.717) is 32.1 Å². The number of benzene rings is 3. The standard InChI is InChI=1S/C23H16Cl2N4O2S/c24-17-8-6-15(7-9-17)20-14-32-23(27-20)29(28-21(30)16-4-2-1-3-5-16)22(31)26-19-12-10-18(25)11-13-19/h1-14H,(H,26,31)(H,28,30). The first-order chi connectivity index (χ1) is 15.5. The van der Waals surface area contributed by atoms with Crippen LogP contribution < -0.4 is 15.8 Å². The van der Waals surface area contributed by atoms with Crippen LogP contribution in [0.2, 0.25) is 10.0 Å². The number of urea groups is 1. The second kappa shape index (κ2) is 9.82. The highest BCUT2D eigenvalue weighted by atomic mass is 35.5. The molecule has 0 atom stereocenters. The Morgan fingerprint density at radius 3 is 2.12 bits per heavy atom. The van der Waals surface area contributed by atoms with Gasteiger partial charge in [0.1, 0.15) is 0 Å². The molecule has 4 aromatic rings. The van der Waals surface area contributed by atoms with Gasteiger partial charge >= 0.3 is 6.03 Å². The normalized spacial score (nSPS) is 10.4. The highest BCUT2D eigenvalue weighted by Gasteiger charge is 2.23. The zero-order valence-corrected chi connectivity index (χ0v) is 18.8. The van der Waals surface area contributed by atoms with E-state index in [1.165, 1.54) is 11.3 Å². The minimum Gasteiger partial charge on any atom is -0.306 e. The summed E-state index contributed by atoms with van der Waals surface area (Å²) >= 11 is 13.1. The number of nitrogens with one attached hydrogen (secondary N) is 2. The van der Waals surface area contributed by atoms with E-state index in [4.69, 9.17) is 23.2 Å². The van der Waals surface area contributed by atoms with Gasteiger partial charge in [-0.05, 0) is 48.5 Å². The van der Waals surface area contributed by atoms with Crippen LogP contribution >= 0.6 is 34.5 Å². The minimum atomic E-state index is -0.575. The summed E-state index contributed by atoms with van der Waals surface area (Å²) in [6, 6.07) is 21.9. The van der Waals surface area contributed by atoms with E-state index in [-0.39, 0.29) is 0 Å². The number of anilines is 2. The van der Waals surface area contributed by atoms with Gasteiger partial charge in [0.05, 0.1) is 5.69 Å². The van der Waals surface area contributed by atoms with Gasteiger partial charge in [0.2, 0.25) is 5.13 Å². The molecule has 0 aliphatic rings. The summed E-state index contributed by atoms with van der Waals surface area (Å²) in [4.78, 5) is 30.4. The molecule has 9 heteroatoms. The van der Waals surface area contributed by atoms with Crippen LogP contribution in [0.3, 0.4) is 0 Å². The fraction of sp³-hybridized carbons (Fsp3) is 0. The Morgan fingerprint density at radius 1 is 0.844 bits per heavy atom. The van der Waals surface area contributed by atoms with E-state index < -0.39 is 11.9 Å². The average molecular weight is 483 g/mol. The van der Waals surface area contributed by atoms with Crippen LogP contribution in [0.4, 0.5) is 15.6 Å². The van der Waals surface area contributed by atoms with Crippen LogP contribution in [0.15, 0.2) is 84.2 Å². The molecule has 0 aliphatic heterocycles. The van der Waals surface area contributed by atoms with Gasteiger partial charge in [-0.3, -0.25) is 10.2 Å². The summed E-state index contributed by atoms with van der Waals surface area (Å²) in [5, 5.41) is 7.09. The molecule has 1 aromatic heterocycles. The number of halogens is 2. The number of nitrogens with zero attached hydrogens (tertiary/aromatic N) is 2. The maximum atomic E-state index is 13.1. The molecule has 3 aromatic carbocycles. The number of amides is 3. The van der Waals surface area contributed by atoms with Crippen molar-refractivity contribution in [2.45, 2.75) is 0 Å². The first-order valence-electron chi connectivity index (χ1n) is 9.44. The molecule has 3 amide bonds. The molecular weight excluding hydrogens is 467 g/mol.